The SMILES string of the molecule is CP(=O)(O)C(C(=O)NC=Cc1ccccc1O)c1csc2ccc(Cl)cc12. The molecule has 1 heterocycles. The molecule has 0 radical (unpaired) electrons. The van der Waals surface area contributed by atoms with E-state index in [0.29, 0.717) is 21.5 Å². The predicted octanol–water partition coefficient (Wildman–Crippen LogP) is 4.99. The summed E-state index contributed by atoms with van der Waals surface area (Å²) in [5, 5.41) is 15.2. The molecular formula is C19H17ClNO4PS. The van der Waals surface area contributed by atoms with Crippen LogP contribution in [0.25, 0.3) is 16.2 Å². The van der Waals surface area contributed by atoms with Gasteiger partial charge in [0, 0.05) is 28.2 Å². The van der Waals surface area contributed by atoms with Gasteiger partial charge in [0.05, 0.1) is 0 Å². The molecule has 0 aliphatic rings. The van der Waals surface area contributed by atoms with Crippen molar-refractivity contribution in [2.24, 2.45) is 0 Å². The van der Waals surface area contributed by atoms with Crippen LogP contribution in [0, 0.1) is 0 Å². The summed E-state index contributed by atoms with van der Waals surface area (Å²) in [6.45, 7) is 1.16. The Bertz CT molecular complexity index is 1070. The lowest BCUT2D eigenvalue weighted by atomic mass is 10.1. The topological polar surface area (TPSA) is 86.6 Å². The Balaban J connectivity index is 1.91. The molecule has 140 valence electrons. The van der Waals surface area contributed by atoms with E-state index >= 15 is 0 Å². The number of fused-ring (bicyclic) bond motifs is 1. The highest BCUT2D eigenvalue weighted by Gasteiger charge is 2.36. The van der Waals surface area contributed by atoms with Gasteiger partial charge in [-0.1, -0.05) is 29.8 Å². The molecule has 0 fully saturated rings. The van der Waals surface area contributed by atoms with Gasteiger partial charge in [-0.3, -0.25) is 9.36 Å². The van der Waals surface area contributed by atoms with E-state index in [1.807, 2.05) is 6.07 Å². The zero-order valence-electron chi connectivity index (χ0n) is 14.3. The summed E-state index contributed by atoms with van der Waals surface area (Å²) < 4.78 is 13.4. The van der Waals surface area contributed by atoms with E-state index in [-0.39, 0.29) is 5.75 Å². The Labute approximate surface area is 165 Å². The van der Waals surface area contributed by atoms with Gasteiger partial charge in [0.25, 0.3) is 0 Å². The maximum absolute atomic E-state index is 12.7. The molecule has 1 amide bonds. The maximum Gasteiger partial charge on any atom is 0.241 e. The Morgan fingerprint density at radius 2 is 2.04 bits per heavy atom. The number of phenols is 1. The van der Waals surface area contributed by atoms with E-state index in [9.17, 15) is 19.4 Å². The molecule has 0 aliphatic heterocycles. The normalized spacial score (nSPS) is 14.9. The van der Waals surface area contributed by atoms with Crippen molar-refractivity contribution in [1.29, 1.82) is 0 Å². The summed E-state index contributed by atoms with van der Waals surface area (Å²) in [4.78, 5) is 22.9. The maximum atomic E-state index is 12.7. The van der Waals surface area contributed by atoms with Crippen LogP contribution in [0.5, 0.6) is 5.75 Å². The van der Waals surface area contributed by atoms with E-state index in [0.717, 1.165) is 11.4 Å². The highest BCUT2D eigenvalue weighted by atomic mass is 35.5. The van der Waals surface area contributed by atoms with E-state index in [1.54, 1.807) is 35.7 Å². The lowest BCUT2D eigenvalue weighted by Crippen LogP contribution is -2.25. The van der Waals surface area contributed by atoms with Crippen molar-refractivity contribution in [1.82, 2.24) is 5.32 Å². The van der Waals surface area contributed by atoms with Crippen LogP contribution in [0.3, 0.4) is 0 Å². The van der Waals surface area contributed by atoms with Crippen LogP contribution in [0.4, 0.5) is 0 Å². The molecular weight excluding hydrogens is 405 g/mol. The Morgan fingerprint density at radius 1 is 1.30 bits per heavy atom. The van der Waals surface area contributed by atoms with Gasteiger partial charge in [-0.05, 0) is 46.7 Å². The van der Waals surface area contributed by atoms with Gasteiger partial charge < -0.3 is 15.3 Å². The summed E-state index contributed by atoms with van der Waals surface area (Å²) in [7, 11) is -3.79. The number of benzene rings is 2. The number of thiophene rings is 1. The van der Waals surface area contributed by atoms with Crippen LogP contribution in [-0.4, -0.2) is 22.6 Å². The Morgan fingerprint density at radius 3 is 2.74 bits per heavy atom. The van der Waals surface area contributed by atoms with Crippen molar-refractivity contribution in [3.05, 3.63) is 70.2 Å². The fourth-order valence-corrected chi connectivity index (χ4v) is 5.25. The molecule has 27 heavy (non-hydrogen) atoms. The number of hydrogen-bond acceptors (Lipinski definition) is 4. The summed E-state index contributed by atoms with van der Waals surface area (Å²) in [5.41, 5.74) is -0.233. The molecule has 0 saturated carbocycles. The molecule has 1 aromatic heterocycles. The number of rotatable bonds is 5. The quantitative estimate of drug-likeness (QED) is 0.506. The first-order valence-electron chi connectivity index (χ1n) is 7.99. The highest BCUT2D eigenvalue weighted by Crippen LogP contribution is 2.54. The minimum Gasteiger partial charge on any atom is -0.507 e. The summed E-state index contributed by atoms with van der Waals surface area (Å²) >= 11 is 7.44. The van der Waals surface area contributed by atoms with Crippen LogP contribution in [0.15, 0.2) is 54.0 Å². The molecule has 3 aromatic rings. The van der Waals surface area contributed by atoms with E-state index in [1.165, 1.54) is 29.7 Å². The minimum atomic E-state index is -3.79. The summed E-state index contributed by atoms with van der Waals surface area (Å²) in [6, 6.07) is 11.9. The molecule has 5 nitrogen and oxygen atoms in total. The zero-order valence-corrected chi connectivity index (χ0v) is 16.8. The number of phenolic OH excluding ortho intramolecular Hbond substituents is 1. The number of carbonyl (C=O) groups is 1. The van der Waals surface area contributed by atoms with Crippen LogP contribution in [-0.2, 0) is 9.36 Å². The van der Waals surface area contributed by atoms with E-state index in [2.05, 4.69) is 5.32 Å². The average Bonchev–Trinajstić information content (AvgIpc) is 2.98. The van der Waals surface area contributed by atoms with E-state index in [4.69, 9.17) is 11.6 Å². The Hall–Kier alpha value is -2.11. The predicted molar refractivity (Wildman–Crippen MR) is 111 cm³/mol. The van der Waals surface area contributed by atoms with Crippen molar-refractivity contribution < 1.29 is 19.4 Å². The first kappa shape index (κ1) is 19.6. The molecule has 8 heteroatoms. The molecule has 2 atom stereocenters. The van der Waals surface area contributed by atoms with Crippen molar-refractivity contribution in [3.63, 3.8) is 0 Å². The number of carbonyl (C=O) groups excluding carboxylic acids is 1. The molecule has 3 N–H and O–H groups in total. The zero-order chi connectivity index (χ0) is 19.6. The number of amides is 1. The fraction of sp³-hybridized carbons (Fsp3) is 0.105. The van der Waals surface area contributed by atoms with Gasteiger partial charge >= 0.3 is 0 Å². The van der Waals surface area contributed by atoms with Gasteiger partial charge in [0.2, 0.25) is 13.3 Å². The molecule has 2 unspecified atom stereocenters. The second kappa shape index (κ2) is 7.87. The number of aromatic hydroxyl groups is 1. The number of hydrogen-bond donors (Lipinski definition) is 3. The van der Waals surface area contributed by atoms with Gasteiger partial charge in [-0.25, -0.2) is 0 Å². The van der Waals surface area contributed by atoms with E-state index < -0.39 is 18.9 Å². The lowest BCUT2D eigenvalue weighted by Gasteiger charge is -2.18. The minimum absolute atomic E-state index is 0.0707. The highest BCUT2D eigenvalue weighted by molar-refractivity contribution is 7.58. The van der Waals surface area contributed by atoms with Crippen LogP contribution >= 0.6 is 30.3 Å². The second-order valence-electron chi connectivity index (χ2n) is 6.08. The van der Waals surface area contributed by atoms with Gasteiger partial charge in [0.15, 0.2) is 0 Å². The molecule has 0 saturated heterocycles. The lowest BCUT2D eigenvalue weighted by molar-refractivity contribution is -0.120. The average molecular weight is 422 g/mol. The largest absolute Gasteiger partial charge is 0.507 e. The van der Waals surface area contributed by atoms with Crippen molar-refractivity contribution >= 4 is 52.4 Å². The third-order valence-corrected chi connectivity index (χ3v) is 6.70. The summed E-state index contributed by atoms with van der Waals surface area (Å²) in [6.07, 6.45) is 2.87. The molecule has 3 rings (SSSR count). The van der Waals surface area contributed by atoms with Crippen LogP contribution < -0.4 is 5.32 Å². The Kier molecular flexibility index (Phi) is 5.72. The van der Waals surface area contributed by atoms with Crippen LogP contribution in [0.2, 0.25) is 5.02 Å². The van der Waals surface area contributed by atoms with Crippen molar-refractivity contribution in [3.8, 4) is 5.75 Å². The number of para-hydroxylation sites is 1. The second-order valence-corrected chi connectivity index (χ2v) is 9.83. The molecule has 0 aliphatic carbocycles. The van der Waals surface area contributed by atoms with Gasteiger partial charge in [0.1, 0.15) is 11.4 Å². The first-order chi connectivity index (χ1) is 12.8. The standard InChI is InChI=1S/C19H17ClNO4PS/c1-26(24,25)18(15-11-27-17-7-6-13(20)10-14(15)17)19(23)21-9-8-12-4-2-3-5-16(12)22/h2-11,18,22H,1H3,(H,21,23)(H,24,25). The van der Waals surface area contributed by atoms with Gasteiger partial charge in [-0.15, -0.1) is 11.3 Å². The van der Waals surface area contributed by atoms with Crippen molar-refractivity contribution in [2.75, 3.05) is 6.66 Å². The van der Waals surface area contributed by atoms with Gasteiger partial charge in [-0.2, -0.15) is 0 Å². The van der Waals surface area contributed by atoms with Crippen LogP contribution in [0.1, 0.15) is 16.8 Å². The third-order valence-electron chi connectivity index (χ3n) is 4.01. The molecule has 0 spiro atoms. The summed E-state index contributed by atoms with van der Waals surface area (Å²) in [5.74, 6) is -0.531. The number of nitrogens with one attached hydrogen (secondary N) is 1. The number of halogens is 1. The third kappa shape index (κ3) is 4.42. The fourth-order valence-electron chi connectivity index (χ4n) is 2.77. The molecule has 0 bridgehead atoms. The monoisotopic (exact) mass is 421 g/mol. The first-order valence-corrected chi connectivity index (χ1v) is 11.4. The smallest absolute Gasteiger partial charge is 0.241 e. The molecule has 2 aromatic carbocycles. The van der Waals surface area contributed by atoms with Crippen molar-refractivity contribution in [2.45, 2.75) is 5.66 Å².